The van der Waals surface area contributed by atoms with Crippen molar-refractivity contribution in [3.63, 3.8) is 0 Å². The van der Waals surface area contributed by atoms with E-state index in [0.717, 1.165) is 0 Å². The Morgan fingerprint density at radius 2 is 2.30 bits per heavy atom. The van der Waals surface area contributed by atoms with E-state index < -0.39 is 5.82 Å². The fourth-order valence-electron chi connectivity index (χ4n) is 0.526. The van der Waals surface area contributed by atoms with E-state index in [2.05, 4.69) is 20.9 Å². The molecule has 0 N–H and O–H groups in total. The van der Waals surface area contributed by atoms with Crippen molar-refractivity contribution >= 4 is 27.5 Å². The Morgan fingerprint density at radius 1 is 1.70 bits per heavy atom. The van der Waals surface area contributed by atoms with E-state index >= 15 is 0 Å². The molecule has 10 heavy (non-hydrogen) atoms. The third-order valence-corrected chi connectivity index (χ3v) is 2.22. The van der Waals surface area contributed by atoms with Crippen LogP contribution in [0.15, 0.2) is 10.7 Å². The highest BCUT2D eigenvalue weighted by atomic mass is 79.9. The Bertz CT molecular complexity index is 237. The van der Waals surface area contributed by atoms with Crippen LogP contribution >= 0.6 is 27.5 Å². The maximum absolute atomic E-state index is 12.8. The summed E-state index contributed by atoms with van der Waals surface area (Å²) in [5.41, 5.74) is 0.486. The van der Waals surface area contributed by atoms with Gasteiger partial charge in [0, 0.05) is 16.2 Å². The Hall–Kier alpha value is -0.150. The second kappa shape index (κ2) is 2.84. The van der Waals surface area contributed by atoms with Gasteiger partial charge in [0.05, 0.1) is 0 Å². The minimum absolute atomic E-state index is 0.0827. The summed E-state index contributed by atoms with van der Waals surface area (Å²) >= 11 is 8.50. The molecule has 0 amide bonds. The number of aromatic nitrogens is 1. The molecule has 0 atom stereocenters. The summed E-state index contributed by atoms with van der Waals surface area (Å²) in [7, 11) is 0. The predicted molar refractivity (Wildman–Crippen MR) is 41.6 cm³/mol. The fourth-order valence-corrected chi connectivity index (χ4v) is 0.993. The van der Waals surface area contributed by atoms with Crippen molar-refractivity contribution in [3.8, 4) is 0 Å². The summed E-state index contributed by atoms with van der Waals surface area (Å²) in [6, 6.07) is 0. The Kier molecular flexibility index (Phi) is 2.26. The Morgan fingerprint density at radius 3 is 2.80 bits per heavy atom. The second-order valence-electron chi connectivity index (χ2n) is 1.84. The first-order valence-corrected chi connectivity index (χ1v) is 3.76. The van der Waals surface area contributed by atoms with Crippen molar-refractivity contribution in [2.45, 2.75) is 6.92 Å². The van der Waals surface area contributed by atoms with E-state index in [0.29, 0.717) is 10.0 Å². The molecule has 1 nitrogen and oxygen atoms in total. The van der Waals surface area contributed by atoms with Gasteiger partial charge in [-0.15, -0.1) is 0 Å². The van der Waals surface area contributed by atoms with Crippen LogP contribution in [0.1, 0.15) is 5.56 Å². The van der Waals surface area contributed by atoms with Gasteiger partial charge < -0.3 is 0 Å². The molecule has 0 aromatic carbocycles. The highest BCUT2D eigenvalue weighted by Gasteiger charge is 2.06. The van der Waals surface area contributed by atoms with Gasteiger partial charge in [-0.1, -0.05) is 11.6 Å². The van der Waals surface area contributed by atoms with E-state index in [1.165, 1.54) is 6.20 Å². The molecule has 4 heteroatoms. The third-order valence-electron chi connectivity index (χ3n) is 1.16. The van der Waals surface area contributed by atoms with Crippen molar-refractivity contribution < 1.29 is 4.39 Å². The lowest BCUT2D eigenvalue weighted by Crippen LogP contribution is -1.88. The highest BCUT2D eigenvalue weighted by molar-refractivity contribution is 9.10. The zero-order chi connectivity index (χ0) is 7.72. The first kappa shape index (κ1) is 7.95. The lowest BCUT2D eigenvalue weighted by Gasteiger charge is -1.98. The zero-order valence-electron chi connectivity index (χ0n) is 5.16. The largest absolute Gasteiger partial charge is 0.240 e. The van der Waals surface area contributed by atoms with Gasteiger partial charge in [-0.2, -0.15) is 0 Å². The summed E-state index contributed by atoms with van der Waals surface area (Å²) in [6.45, 7) is 1.63. The van der Waals surface area contributed by atoms with Gasteiger partial charge >= 0.3 is 0 Å². The van der Waals surface area contributed by atoms with E-state index in [1.54, 1.807) is 6.92 Å². The maximum atomic E-state index is 12.8. The number of hydrogen-bond donors (Lipinski definition) is 0. The smallest absolute Gasteiger partial charge is 0.165 e. The number of nitrogens with zero attached hydrogens (tertiary/aromatic N) is 1. The highest BCUT2D eigenvalue weighted by Crippen LogP contribution is 2.21. The Labute approximate surface area is 71.4 Å². The number of hydrogen-bond acceptors (Lipinski definition) is 1. The quantitative estimate of drug-likeness (QED) is 0.618. The first-order chi connectivity index (χ1) is 4.63. The molecule has 1 aromatic heterocycles. The van der Waals surface area contributed by atoms with Crippen LogP contribution in [-0.2, 0) is 0 Å². The van der Waals surface area contributed by atoms with E-state index in [-0.39, 0.29) is 5.15 Å². The summed E-state index contributed by atoms with van der Waals surface area (Å²) < 4.78 is 13.4. The molecule has 0 aliphatic heterocycles. The van der Waals surface area contributed by atoms with Gasteiger partial charge in [-0.05, 0) is 22.9 Å². The molecule has 0 aliphatic rings. The van der Waals surface area contributed by atoms with Gasteiger partial charge in [0.2, 0.25) is 0 Å². The van der Waals surface area contributed by atoms with Gasteiger partial charge in [0.15, 0.2) is 11.0 Å². The van der Waals surface area contributed by atoms with Crippen molar-refractivity contribution in [1.29, 1.82) is 0 Å². The van der Waals surface area contributed by atoms with Gasteiger partial charge in [-0.25, -0.2) is 9.37 Å². The van der Waals surface area contributed by atoms with E-state index in [9.17, 15) is 4.39 Å². The van der Waals surface area contributed by atoms with Crippen molar-refractivity contribution in [1.82, 2.24) is 4.98 Å². The molecule has 1 rings (SSSR count). The molecule has 0 saturated carbocycles. The summed E-state index contributed by atoms with van der Waals surface area (Å²) in [4.78, 5) is 3.58. The Balaban J connectivity index is 3.34. The summed E-state index contributed by atoms with van der Waals surface area (Å²) in [5, 5.41) is -0.0827. The fraction of sp³-hybridized carbons (Fsp3) is 0.167. The van der Waals surface area contributed by atoms with E-state index in [1.807, 2.05) is 0 Å². The molecule has 0 unspecified atom stereocenters. The number of rotatable bonds is 0. The zero-order valence-corrected chi connectivity index (χ0v) is 7.50. The molecule has 1 aromatic rings. The van der Waals surface area contributed by atoms with Crippen LogP contribution in [0.5, 0.6) is 0 Å². The molecule has 0 spiro atoms. The van der Waals surface area contributed by atoms with Crippen LogP contribution < -0.4 is 0 Å². The van der Waals surface area contributed by atoms with Crippen molar-refractivity contribution in [3.05, 3.63) is 27.2 Å². The summed E-state index contributed by atoms with van der Waals surface area (Å²) in [6.07, 6.45) is 1.47. The SMILES string of the molecule is Cc1c(Br)cnc(Cl)c1F. The molecule has 0 radical (unpaired) electrons. The second-order valence-corrected chi connectivity index (χ2v) is 3.05. The average Bonchev–Trinajstić information content (AvgIpc) is 1.93. The van der Waals surface area contributed by atoms with Crippen molar-refractivity contribution in [2.24, 2.45) is 0 Å². The molecule has 1 heterocycles. The summed E-state index contributed by atoms with van der Waals surface area (Å²) in [5.74, 6) is -0.462. The minimum atomic E-state index is -0.462. The molecule has 54 valence electrons. The van der Waals surface area contributed by atoms with Crippen LogP contribution in [0.25, 0.3) is 0 Å². The maximum Gasteiger partial charge on any atom is 0.165 e. The molecule has 0 aliphatic carbocycles. The molecule has 0 fully saturated rings. The standard InChI is InChI=1S/C6H4BrClFN/c1-3-4(7)2-10-6(8)5(3)9/h2H,1H3. The predicted octanol–water partition coefficient (Wildman–Crippen LogP) is 2.95. The lowest BCUT2D eigenvalue weighted by atomic mass is 10.3. The van der Waals surface area contributed by atoms with E-state index in [4.69, 9.17) is 11.6 Å². The third kappa shape index (κ3) is 1.30. The average molecular weight is 224 g/mol. The van der Waals surface area contributed by atoms with Gasteiger partial charge in [0.1, 0.15) is 0 Å². The molecule has 0 bridgehead atoms. The number of halogens is 3. The minimum Gasteiger partial charge on any atom is -0.240 e. The number of pyridine rings is 1. The lowest BCUT2D eigenvalue weighted by molar-refractivity contribution is 0.611. The van der Waals surface area contributed by atoms with Crippen LogP contribution in [-0.4, -0.2) is 4.98 Å². The topological polar surface area (TPSA) is 12.9 Å². The van der Waals surface area contributed by atoms with Crippen LogP contribution in [0.3, 0.4) is 0 Å². The van der Waals surface area contributed by atoms with Gasteiger partial charge in [0.25, 0.3) is 0 Å². The molecular weight excluding hydrogens is 220 g/mol. The normalized spacial score (nSPS) is 10.0. The molecular formula is C6H4BrClFN. The van der Waals surface area contributed by atoms with Gasteiger partial charge in [-0.3, -0.25) is 0 Å². The van der Waals surface area contributed by atoms with Crippen molar-refractivity contribution in [2.75, 3.05) is 0 Å². The van der Waals surface area contributed by atoms with Crippen LogP contribution in [0, 0.1) is 12.7 Å². The monoisotopic (exact) mass is 223 g/mol. The first-order valence-electron chi connectivity index (χ1n) is 2.59. The molecule has 0 saturated heterocycles. The van der Waals surface area contributed by atoms with Crippen LogP contribution in [0.2, 0.25) is 5.15 Å². The van der Waals surface area contributed by atoms with Crippen LogP contribution in [0.4, 0.5) is 4.39 Å².